The largest absolute Gasteiger partial charge is 0.394 e. The molecule has 0 heterocycles. The molecule has 1 aliphatic rings. The van der Waals surface area contributed by atoms with E-state index in [0.29, 0.717) is 4.90 Å². The number of hydrogen-bond acceptors (Lipinski definition) is 3. The van der Waals surface area contributed by atoms with Crippen LogP contribution >= 0.6 is 11.8 Å². The molecule has 1 fully saturated rings. The minimum Gasteiger partial charge on any atom is -0.394 e. The van der Waals surface area contributed by atoms with Gasteiger partial charge in [-0.3, -0.25) is 0 Å². The van der Waals surface area contributed by atoms with Gasteiger partial charge in [0.1, 0.15) is 5.82 Å². The van der Waals surface area contributed by atoms with Crippen molar-refractivity contribution in [3.8, 4) is 0 Å². The fraction of sp³-hybridized carbons (Fsp3) is 0.571. The molecule has 1 aromatic rings. The average Bonchev–Trinajstić information content (AvgIpc) is 2.86. The molecule has 18 heavy (non-hydrogen) atoms. The number of aliphatic hydroxyl groups excluding tert-OH is 1. The van der Waals surface area contributed by atoms with Gasteiger partial charge in [-0.05, 0) is 25.0 Å². The lowest BCUT2D eigenvalue weighted by molar-refractivity contribution is 0.167. The van der Waals surface area contributed by atoms with Gasteiger partial charge in [0, 0.05) is 22.7 Å². The topological polar surface area (TPSA) is 32.3 Å². The maximum absolute atomic E-state index is 13.4. The van der Waals surface area contributed by atoms with Gasteiger partial charge in [-0.1, -0.05) is 25.0 Å². The van der Waals surface area contributed by atoms with Crippen LogP contribution in [-0.4, -0.2) is 29.5 Å². The van der Waals surface area contributed by atoms with E-state index in [4.69, 9.17) is 0 Å². The lowest BCUT2D eigenvalue weighted by Gasteiger charge is -2.28. The highest BCUT2D eigenvalue weighted by atomic mass is 32.2. The molecule has 0 atom stereocenters. The van der Waals surface area contributed by atoms with Crippen LogP contribution in [-0.2, 0) is 0 Å². The van der Waals surface area contributed by atoms with E-state index in [-0.39, 0.29) is 18.0 Å². The SMILES string of the molecule is OCC1(NCCSc2ccccc2F)CCCC1. The summed E-state index contributed by atoms with van der Waals surface area (Å²) in [6.07, 6.45) is 4.48. The van der Waals surface area contributed by atoms with E-state index in [1.165, 1.54) is 30.7 Å². The van der Waals surface area contributed by atoms with Crippen LogP contribution in [0.5, 0.6) is 0 Å². The second kappa shape index (κ2) is 6.55. The second-order valence-corrected chi connectivity index (χ2v) is 5.99. The van der Waals surface area contributed by atoms with E-state index in [9.17, 15) is 9.50 Å². The Morgan fingerprint density at radius 3 is 2.67 bits per heavy atom. The molecule has 1 saturated carbocycles. The minimum absolute atomic E-state index is 0.0736. The van der Waals surface area contributed by atoms with Gasteiger partial charge in [0.05, 0.1) is 6.61 Å². The normalized spacial score (nSPS) is 18.1. The van der Waals surface area contributed by atoms with Gasteiger partial charge in [0.15, 0.2) is 0 Å². The smallest absolute Gasteiger partial charge is 0.136 e. The maximum atomic E-state index is 13.4. The molecule has 100 valence electrons. The number of aliphatic hydroxyl groups is 1. The van der Waals surface area contributed by atoms with Crippen molar-refractivity contribution < 1.29 is 9.50 Å². The standard InChI is InChI=1S/C14H20FNOS/c15-12-5-1-2-6-13(12)18-10-9-16-14(11-17)7-3-4-8-14/h1-2,5-6,16-17H,3-4,7-11H2. The van der Waals surface area contributed by atoms with E-state index < -0.39 is 0 Å². The summed E-state index contributed by atoms with van der Waals surface area (Å²) in [6.45, 7) is 1.01. The lowest BCUT2D eigenvalue weighted by atomic mass is 9.99. The average molecular weight is 269 g/mol. The Morgan fingerprint density at radius 2 is 2.00 bits per heavy atom. The molecule has 1 aliphatic carbocycles. The van der Waals surface area contributed by atoms with Crippen LogP contribution in [0.3, 0.4) is 0 Å². The zero-order valence-corrected chi connectivity index (χ0v) is 11.3. The molecule has 4 heteroatoms. The summed E-state index contributed by atoms with van der Waals surface area (Å²) in [6, 6.07) is 6.85. The van der Waals surface area contributed by atoms with Crippen LogP contribution in [0.1, 0.15) is 25.7 Å². The maximum Gasteiger partial charge on any atom is 0.136 e. The third-order valence-electron chi connectivity index (χ3n) is 3.56. The van der Waals surface area contributed by atoms with Crippen molar-refractivity contribution in [2.75, 3.05) is 18.9 Å². The highest BCUT2D eigenvalue weighted by Gasteiger charge is 2.32. The molecular weight excluding hydrogens is 249 g/mol. The van der Waals surface area contributed by atoms with E-state index in [2.05, 4.69) is 5.32 Å². The summed E-state index contributed by atoms with van der Waals surface area (Å²) in [4.78, 5) is 0.698. The van der Waals surface area contributed by atoms with Gasteiger partial charge in [0.2, 0.25) is 0 Å². The van der Waals surface area contributed by atoms with Crippen molar-refractivity contribution in [2.45, 2.75) is 36.1 Å². The first kappa shape index (κ1) is 13.8. The van der Waals surface area contributed by atoms with E-state index in [1.807, 2.05) is 6.07 Å². The summed E-state index contributed by atoms with van der Waals surface area (Å²) in [5.74, 6) is 0.670. The summed E-state index contributed by atoms with van der Waals surface area (Å²) in [5, 5.41) is 12.9. The fourth-order valence-corrected chi connectivity index (χ4v) is 3.29. The number of hydrogen-bond donors (Lipinski definition) is 2. The van der Waals surface area contributed by atoms with Crippen LogP contribution in [0.15, 0.2) is 29.2 Å². The monoisotopic (exact) mass is 269 g/mol. The molecule has 2 nitrogen and oxygen atoms in total. The Hall–Kier alpha value is -0.580. The van der Waals surface area contributed by atoms with Gasteiger partial charge in [-0.25, -0.2) is 4.39 Å². The zero-order chi connectivity index (χ0) is 12.8. The summed E-state index contributed by atoms with van der Waals surface area (Å²) < 4.78 is 13.4. The van der Waals surface area contributed by atoms with E-state index in [1.54, 1.807) is 12.1 Å². The molecular formula is C14H20FNOS. The molecule has 0 radical (unpaired) electrons. The first-order valence-corrected chi connectivity index (χ1v) is 7.48. The highest BCUT2D eigenvalue weighted by Crippen LogP contribution is 2.29. The van der Waals surface area contributed by atoms with Crippen LogP contribution in [0.25, 0.3) is 0 Å². The van der Waals surface area contributed by atoms with Gasteiger partial charge in [-0.2, -0.15) is 0 Å². The Balaban J connectivity index is 1.74. The highest BCUT2D eigenvalue weighted by molar-refractivity contribution is 7.99. The van der Waals surface area contributed by atoms with E-state index >= 15 is 0 Å². The van der Waals surface area contributed by atoms with Crippen LogP contribution in [0.2, 0.25) is 0 Å². The third-order valence-corrected chi connectivity index (χ3v) is 4.61. The van der Waals surface area contributed by atoms with Crippen molar-refractivity contribution >= 4 is 11.8 Å². The lowest BCUT2D eigenvalue weighted by Crippen LogP contribution is -2.46. The first-order valence-electron chi connectivity index (χ1n) is 6.49. The third kappa shape index (κ3) is 3.46. The van der Waals surface area contributed by atoms with Gasteiger partial charge >= 0.3 is 0 Å². The molecule has 2 rings (SSSR count). The minimum atomic E-state index is -0.153. The van der Waals surface area contributed by atoms with E-state index in [0.717, 1.165) is 25.1 Å². The number of nitrogens with one attached hydrogen (secondary N) is 1. The Labute approximate surface area is 112 Å². The number of benzene rings is 1. The molecule has 0 amide bonds. The number of halogens is 1. The molecule has 0 aliphatic heterocycles. The van der Waals surface area contributed by atoms with Crippen LogP contribution in [0.4, 0.5) is 4.39 Å². The molecule has 0 unspecified atom stereocenters. The van der Waals surface area contributed by atoms with Crippen LogP contribution < -0.4 is 5.32 Å². The summed E-state index contributed by atoms with van der Waals surface area (Å²) in [5.41, 5.74) is -0.0736. The molecule has 1 aromatic carbocycles. The van der Waals surface area contributed by atoms with Crippen molar-refractivity contribution in [1.29, 1.82) is 0 Å². The van der Waals surface area contributed by atoms with Crippen molar-refractivity contribution in [2.24, 2.45) is 0 Å². The summed E-state index contributed by atoms with van der Waals surface area (Å²) >= 11 is 1.52. The Morgan fingerprint density at radius 1 is 1.28 bits per heavy atom. The quantitative estimate of drug-likeness (QED) is 0.615. The zero-order valence-electron chi connectivity index (χ0n) is 10.5. The molecule has 0 spiro atoms. The number of thioether (sulfide) groups is 1. The Bertz CT molecular complexity index is 380. The van der Waals surface area contributed by atoms with Crippen molar-refractivity contribution in [3.63, 3.8) is 0 Å². The summed E-state index contributed by atoms with van der Waals surface area (Å²) in [7, 11) is 0. The molecule has 2 N–H and O–H groups in total. The van der Waals surface area contributed by atoms with Gasteiger partial charge < -0.3 is 10.4 Å². The van der Waals surface area contributed by atoms with Crippen molar-refractivity contribution in [1.82, 2.24) is 5.32 Å². The van der Waals surface area contributed by atoms with Gasteiger partial charge in [-0.15, -0.1) is 11.8 Å². The second-order valence-electron chi connectivity index (χ2n) is 4.85. The molecule has 0 saturated heterocycles. The van der Waals surface area contributed by atoms with Crippen LogP contribution in [0, 0.1) is 5.82 Å². The fourth-order valence-electron chi connectivity index (χ4n) is 2.48. The van der Waals surface area contributed by atoms with Gasteiger partial charge in [0.25, 0.3) is 0 Å². The predicted octanol–water partition coefficient (Wildman–Crippen LogP) is 2.81. The number of rotatable bonds is 6. The first-order chi connectivity index (χ1) is 8.76. The van der Waals surface area contributed by atoms with Crippen molar-refractivity contribution in [3.05, 3.63) is 30.1 Å². The molecule has 0 aromatic heterocycles. The predicted molar refractivity (Wildman–Crippen MR) is 73.4 cm³/mol. The Kier molecular flexibility index (Phi) is 5.03. The molecule has 0 bridgehead atoms.